The zero-order valence-electron chi connectivity index (χ0n) is 29.4. The van der Waals surface area contributed by atoms with Crippen LogP contribution >= 0.6 is 0 Å². The van der Waals surface area contributed by atoms with E-state index in [1.54, 1.807) is 0 Å². The number of ether oxygens (including phenoxy) is 2. The Morgan fingerprint density at radius 1 is 0.500 bits per heavy atom. The summed E-state index contributed by atoms with van der Waals surface area (Å²) in [6.07, 6.45) is 39.9. The fraction of sp³-hybridized carbons (Fsp3) is 0.897. The predicted octanol–water partition coefficient (Wildman–Crippen LogP) is 11.7. The first-order valence-corrected chi connectivity index (χ1v) is 19.2. The van der Waals surface area contributed by atoms with Crippen LogP contribution in [0.5, 0.6) is 0 Å². The van der Waals surface area contributed by atoms with Crippen LogP contribution < -0.4 is 0 Å². The van der Waals surface area contributed by atoms with Crippen molar-refractivity contribution in [3.8, 4) is 0 Å². The van der Waals surface area contributed by atoms with Crippen molar-refractivity contribution in [1.29, 1.82) is 0 Å². The molecule has 0 unspecified atom stereocenters. The number of esters is 2. The number of carbonyl (C=O) groups excluding carboxylic acids is 2. The molecule has 1 atom stereocenters. The molecule has 0 saturated heterocycles. The topological polar surface area (TPSA) is 72.8 Å². The Morgan fingerprint density at radius 2 is 0.864 bits per heavy atom. The summed E-state index contributed by atoms with van der Waals surface area (Å²) >= 11 is 0. The largest absolute Gasteiger partial charge is 0.462 e. The van der Waals surface area contributed by atoms with Crippen molar-refractivity contribution >= 4 is 11.9 Å². The fourth-order valence-electron chi connectivity index (χ4n) is 5.59. The second kappa shape index (κ2) is 36.1. The van der Waals surface area contributed by atoms with Gasteiger partial charge >= 0.3 is 11.9 Å². The molecule has 44 heavy (non-hydrogen) atoms. The summed E-state index contributed by atoms with van der Waals surface area (Å²) in [6, 6.07) is 0. The van der Waals surface area contributed by atoms with Crippen LogP contribution in [0.4, 0.5) is 0 Å². The molecule has 0 spiro atoms. The molecule has 0 fully saturated rings. The maximum Gasteiger partial charge on any atom is 0.306 e. The molecule has 0 rings (SSSR count). The van der Waals surface area contributed by atoms with Gasteiger partial charge in [-0.2, -0.15) is 0 Å². The summed E-state index contributed by atoms with van der Waals surface area (Å²) in [5, 5.41) is 9.53. The summed E-state index contributed by atoms with van der Waals surface area (Å²) in [7, 11) is 0. The molecule has 5 nitrogen and oxygen atoms in total. The predicted molar refractivity (Wildman–Crippen MR) is 187 cm³/mol. The highest BCUT2D eigenvalue weighted by Crippen LogP contribution is 2.15. The summed E-state index contributed by atoms with van der Waals surface area (Å²) in [5.41, 5.74) is 0. The van der Waals surface area contributed by atoms with Gasteiger partial charge in [-0.05, 0) is 32.1 Å². The third-order valence-electron chi connectivity index (χ3n) is 8.56. The van der Waals surface area contributed by atoms with Crippen LogP contribution in [0.2, 0.25) is 0 Å². The molecule has 0 aromatic heterocycles. The Morgan fingerprint density at radius 3 is 1.30 bits per heavy atom. The Balaban J connectivity index is 3.49. The van der Waals surface area contributed by atoms with E-state index < -0.39 is 6.10 Å². The first-order chi connectivity index (χ1) is 21.6. The zero-order chi connectivity index (χ0) is 32.2. The fourth-order valence-corrected chi connectivity index (χ4v) is 5.59. The molecular weight excluding hydrogens is 548 g/mol. The van der Waals surface area contributed by atoms with Crippen LogP contribution in [0.3, 0.4) is 0 Å². The Labute approximate surface area is 273 Å². The average molecular weight is 623 g/mol. The minimum Gasteiger partial charge on any atom is -0.462 e. The van der Waals surface area contributed by atoms with Crippen LogP contribution in [0.1, 0.15) is 206 Å². The Kier molecular flexibility index (Phi) is 35.0. The van der Waals surface area contributed by atoms with Crippen LogP contribution in [0.25, 0.3) is 0 Å². The van der Waals surface area contributed by atoms with E-state index in [-0.39, 0.29) is 25.2 Å². The van der Waals surface area contributed by atoms with Gasteiger partial charge in [0.25, 0.3) is 0 Å². The molecule has 0 radical (unpaired) electrons. The highest BCUT2D eigenvalue weighted by atomic mass is 16.6. The van der Waals surface area contributed by atoms with Crippen LogP contribution in [0.15, 0.2) is 12.2 Å². The molecule has 260 valence electrons. The first kappa shape index (κ1) is 42.6. The first-order valence-electron chi connectivity index (χ1n) is 19.2. The van der Waals surface area contributed by atoms with Gasteiger partial charge in [0.05, 0.1) is 6.61 Å². The molecule has 5 heteroatoms. The third-order valence-corrected chi connectivity index (χ3v) is 8.56. The van der Waals surface area contributed by atoms with Gasteiger partial charge in [0, 0.05) is 12.8 Å². The number of hydrogen-bond acceptors (Lipinski definition) is 5. The highest BCUT2D eigenvalue weighted by molar-refractivity contribution is 5.70. The number of rotatable bonds is 35. The minimum absolute atomic E-state index is 0.0648. The Hall–Kier alpha value is -1.36. The van der Waals surface area contributed by atoms with Gasteiger partial charge < -0.3 is 14.6 Å². The molecule has 0 aromatic carbocycles. The van der Waals surface area contributed by atoms with Crippen LogP contribution in [-0.4, -0.2) is 36.4 Å². The van der Waals surface area contributed by atoms with Crippen molar-refractivity contribution in [2.45, 2.75) is 213 Å². The standard InChI is InChI=1S/C39H74O5/c1-3-5-7-9-11-13-15-16-17-18-19-20-21-22-24-26-28-30-32-34-39(42)44-37(35-40)36-43-38(41)33-31-29-27-25-23-14-12-10-8-6-4-2/h10,12,37,40H,3-9,11,13-36H2,1-2H3/b12-10+/t37-/m0/s1. The van der Waals surface area contributed by atoms with Gasteiger partial charge in [0.15, 0.2) is 6.10 Å². The van der Waals surface area contributed by atoms with Crippen molar-refractivity contribution in [1.82, 2.24) is 0 Å². The molecule has 0 aliphatic heterocycles. The van der Waals surface area contributed by atoms with E-state index in [0.717, 1.165) is 44.9 Å². The quantitative estimate of drug-likeness (QED) is 0.0432. The van der Waals surface area contributed by atoms with E-state index in [9.17, 15) is 14.7 Å². The van der Waals surface area contributed by atoms with Gasteiger partial charge in [-0.15, -0.1) is 0 Å². The highest BCUT2D eigenvalue weighted by Gasteiger charge is 2.16. The van der Waals surface area contributed by atoms with E-state index in [1.165, 1.54) is 135 Å². The number of hydrogen-bond donors (Lipinski definition) is 1. The number of aliphatic hydroxyl groups is 1. The minimum atomic E-state index is -0.767. The molecule has 0 aliphatic carbocycles. The smallest absolute Gasteiger partial charge is 0.306 e. The van der Waals surface area contributed by atoms with Gasteiger partial charge in [-0.3, -0.25) is 9.59 Å². The van der Waals surface area contributed by atoms with E-state index in [1.807, 2.05) is 0 Å². The van der Waals surface area contributed by atoms with Crippen molar-refractivity contribution in [3.63, 3.8) is 0 Å². The molecule has 0 aromatic rings. The maximum atomic E-state index is 12.1. The van der Waals surface area contributed by atoms with Crippen LogP contribution in [-0.2, 0) is 19.1 Å². The molecular formula is C39H74O5. The molecule has 0 saturated carbocycles. The van der Waals surface area contributed by atoms with E-state index >= 15 is 0 Å². The molecule has 0 bridgehead atoms. The van der Waals surface area contributed by atoms with Crippen molar-refractivity contribution in [2.75, 3.05) is 13.2 Å². The van der Waals surface area contributed by atoms with E-state index in [0.29, 0.717) is 12.8 Å². The summed E-state index contributed by atoms with van der Waals surface area (Å²) in [6.45, 7) is 4.10. The normalized spacial score (nSPS) is 12.2. The second-order valence-corrected chi connectivity index (χ2v) is 13.0. The van der Waals surface area contributed by atoms with Gasteiger partial charge in [0.2, 0.25) is 0 Å². The van der Waals surface area contributed by atoms with E-state index in [4.69, 9.17) is 9.47 Å². The summed E-state index contributed by atoms with van der Waals surface area (Å²) in [5.74, 6) is -0.593. The molecule has 0 aliphatic rings. The van der Waals surface area contributed by atoms with Gasteiger partial charge in [-0.1, -0.05) is 174 Å². The third kappa shape index (κ3) is 33.5. The lowest BCUT2D eigenvalue weighted by atomic mass is 10.0. The number of carbonyl (C=O) groups is 2. The number of unbranched alkanes of at least 4 members (excludes halogenated alkanes) is 25. The number of allylic oxidation sites excluding steroid dienone is 2. The molecule has 0 heterocycles. The lowest BCUT2D eigenvalue weighted by Crippen LogP contribution is -2.28. The lowest BCUT2D eigenvalue weighted by molar-refractivity contribution is -0.161. The van der Waals surface area contributed by atoms with Crippen molar-refractivity contribution in [2.24, 2.45) is 0 Å². The van der Waals surface area contributed by atoms with Crippen molar-refractivity contribution in [3.05, 3.63) is 12.2 Å². The zero-order valence-corrected chi connectivity index (χ0v) is 29.4. The van der Waals surface area contributed by atoms with Gasteiger partial charge in [0.1, 0.15) is 6.61 Å². The van der Waals surface area contributed by atoms with Gasteiger partial charge in [-0.25, -0.2) is 0 Å². The molecule has 1 N–H and O–H groups in total. The second-order valence-electron chi connectivity index (χ2n) is 13.0. The Bertz CT molecular complexity index is 632. The monoisotopic (exact) mass is 623 g/mol. The lowest BCUT2D eigenvalue weighted by Gasteiger charge is -2.15. The maximum absolute atomic E-state index is 12.1. The summed E-state index contributed by atoms with van der Waals surface area (Å²) in [4.78, 5) is 24.2. The average Bonchev–Trinajstić information content (AvgIpc) is 3.02. The molecule has 0 amide bonds. The van der Waals surface area contributed by atoms with Crippen molar-refractivity contribution < 1.29 is 24.2 Å². The SMILES string of the molecule is CCCC/C=C/CCCCCCCC(=O)OC[C@H](CO)OC(=O)CCCCCCCCCCCCCCCCCCCCC. The van der Waals surface area contributed by atoms with E-state index in [2.05, 4.69) is 26.0 Å². The number of aliphatic hydroxyl groups excluding tert-OH is 1. The summed E-state index contributed by atoms with van der Waals surface area (Å²) < 4.78 is 10.6. The van der Waals surface area contributed by atoms with Crippen LogP contribution in [0, 0.1) is 0 Å².